The first-order valence-electron chi connectivity index (χ1n) is 6.29. The molecule has 20 heavy (non-hydrogen) atoms. The van der Waals surface area contributed by atoms with Crippen molar-refractivity contribution in [2.75, 3.05) is 5.32 Å². The largest absolute Gasteiger partial charge is 0.481 e. The second-order valence-corrected chi connectivity index (χ2v) is 5.29. The number of anilines is 1. The molecule has 0 atom stereocenters. The molecule has 0 radical (unpaired) electrons. The van der Waals surface area contributed by atoms with Crippen LogP contribution in [0.15, 0.2) is 12.4 Å². The number of carboxylic acid groups (broad SMARTS) is 1. The van der Waals surface area contributed by atoms with Crippen LogP contribution in [0.5, 0.6) is 0 Å². The number of aryl methyl sites for hydroxylation is 1. The minimum atomic E-state index is -0.825. The molecule has 0 aromatic carbocycles. The van der Waals surface area contributed by atoms with E-state index in [1.807, 2.05) is 0 Å². The lowest BCUT2D eigenvalue weighted by Crippen LogP contribution is -2.27. The summed E-state index contributed by atoms with van der Waals surface area (Å²) in [5.74, 6) is -0.671. The van der Waals surface area contributed by atoms with Gasteiger partial charge in [-0.25, -0.2) is 14.8 Å². The van der Waals surface area contributed by atoms with Crippen LogP contribution in [-0.2, 0) is 16.0 Å². The molecule has 7 heteroatoms. The molecule has 1 amide bonds. The second kappa shape index (κ2) is 6.83. The molecular formula is C13H19N3O4. The van der Waals surface area contributed by atoms with E-state index in [4.69, 9.17) is 9.84 Å². The van der Waals surface area contributed by atoms with Crippen molar-refractivity contribution >= 4 is 18.0 Å². The third-order valence-corrected chi connectivity index (χ3v) is 2.17. The maximum absolute atomic E-state index is 11.5. The fraction of sp³-hybridized carbons (Fsp3) is 0.538. The Hall–Kier alpha value is -2.18. The van der Waals surface area contributed by atoms with Crippen LogP contribution in [0.1, 0.15) is 39.2 Å². The van der Waals surface area contributed by atoms with Crippen molar-refractivity contribution in [3.63, 3.8) is 0 Å². The Bertz CT molecular complexity index is 465. The molecule has 0 unspecified atom stereocenters. The Kier molecular flexibility index (Phi) is 5.42. The van der Waals surface area contributed by atoms with Gasteiger partial charge in [0.25, 0.3) is 0 Å². The molecule has 2 N–H and O–H groups in total. The molecule has 7 nitrogen and oxygen atoms in total. The summed E-state index contributed by atoms with van der Waals surface area (Å²) < 4.78 is 5.07. The lowest BCUT2D eigenvalue weighted by atomic mass is 10.1. The van der Waals surface area contributed by atoms with Gasteiger partial charge in [0, 0.05) is 18.8 Å². The number of aromatic nitrogens is 2. The van der Waals surface area contributed by atoms with E-state index in [1.165, 1.54) is 0 Å². The van der Waals surface area contributed by atoms with Crippen molar-refractivity contribution in [2.24, 2.45) is 0 Å². The Morgan fingerprint density at radius 3 is 2.40 bits per heavy atom. The summed E-state index contributed by atoms with van der Waals surface area (Å²) in [4.78, 5) is 29.8. The number of nitrogens with zero attached hydrogens (tertiary/aromatic N) is 2. The number of amides is 1. The third-order valence-electron chi connectivity index (χ3n) is 2.17. The standard InChI is InChI=1S/C13H19N3O4/c1-13(2,3)20-12(19)16-11-14-7-9(8-15-11)5-4-6-10(17)18/h7-8H,4-6H2,1-3H3,(H,17,18)(H,14,15,16,19). The first-order valence-corrected chi connectivity index (χ1v) is 6.29. The summed E-state index contributed by atoms with van der Waals surface area (Å²) in [6.45, 7) is 5.29. The number of aliphatic carboxylic acids is 1. The molecule has 0 saturated carbocycles. The lowest BCUT2D eigenvalue weighted by molar-refractivity contribution is -0.137. The molecule has 0 fully saturated rings. The number of ether oxygens (including phenoxy) is 1. The number of hydrogen-bond acceptors (Lipinski definition) is 5. The average molecular weight is 281 g/mol. The van der Waals surface area contributed by atoms with Gasteiger partial charge < -0.3 is 9.84 Å². The zero-order valence-electron chi connectivity index (χ0n) is 11.8. The molecule has 1 rings (SSSR count). The Balaban J connectivity index is 2.46. The van der Waals surface area contributed by atoms with Gasteiger partial charge in [0.15, 0.2) is 0 Å². The first-order chi connectivity index (χ1) is 9.26. The predicted molar refractivity (Wildman–Crippen MR) is 72.5 cm³/mol. The number of carbonyl (C=O) groups excluding carboxylic acids is 1. The van der Waals surface area contributed by atoms with E-state index >= 15 is 0 Å². The van der Waals surface area contributed by atoms with Crippen LogP contribution in [0, 0.1) is 0 Å². The van der Waals surface area contributed by atoms with E-state index in [0.717, 1.165) is 5.56 Å². The number of carbonyl (C=O) groups is 2. The third kappa shape index (κ3) is 6.67. The molecule has 0 aliphatic rings. The number of hydrogen-bond donors (Lipinski definition) is 2. The zero-order valence-corrected chi connectivity index (χ0v) is 11.8. The molecule has 0 spiro atoms. The number of nitrogens with one attached hydrogen (secondary N) is 1. The summed E-state index contributed by atoms with van der Waals surface area (Å²) in [5.41, 5.74) is 0.238. The summed E-state index contributed by atoms with van der Waals surface area (Å²) in [6, 6.07) is 0. The smallest absolute Gasteiger partial charge is 0.414 e. The molecule has 1 aromatic heterocycles. The summed E-state index contributed by atoms with van der Waals surface area (Å²) in [5, 5.41) is 11.0. The highest BCUT2D eigenvalue weighted by Crippen LogP contribution is 2.09. The molecular weight excluding hydrogens is 262 g/mol. The molecule has 110 valence electrons. The lowest BCUT2D eigenvalue weighted by Gasteiger charge is -2.19. The van der Waals surface area contributed by atoms with E-state index in [9.17, 15) is 9.59 Å². The highest BCUT2D eigenvalue weighted by Gasteiger charge is 2.16. The van der Waals surface area contributed by atoms with Gasteiger partial charge in [-0.3, -0.25) is 10.1 Å². The van der Waals surface area contributed by atoms with Gasteiger partial charge in [-0.05, 0) is 39.2 Å². The fourth-order valence-electron chi connectivity index (χ4n) is 1.39. The normalized spacial score (nSPS) is 10.9. The molecule has 1 heterocycles. The average Bonchev–Trinajstić information content (AvgIpc) is 2.28. The zero-order chi connectivity index (χ0) is 15.2. The van der Waals surface area contributed by atoms with Crippen LogP contribution < -0.4 is 5.32 Å². The van der Waals surface area contributed by atoms with Crippen molar-refractivity contribution in [3.05, 3.63) is 18.0 Å². The number of carboxylic acids is 1. The van der Waals surface area contributed by atoms with Crippen LogP contribution >= 0.6 is 0 Å². The van der Waals surface area contributed by atoms with Gasteiger partial charge in [-0.2, -0.15) is 0 Å². The molecule has 0 aliphatic heterocycles. The Labute approximate surface area is 117 Å². The van der Waals surface area contributed by atoms with Gasteiger partial charge in [0.1, 0.15) is 5.60 Å². The highest BCUT2D eigenvalue weighted by atomic mass is 16.6. The maximum atomic E-state index is 11.5. The first kappa shape index (κ1) is 15.9. The Morgan fingerprint density at radius 1 is 1.30 bits per heavy atom. The van der Waals surface area contributed by atoms with E-state index in [-0.39, 0.29) is 12.4 Å². The summed E-state index contributed by atoms with van der Waals surface area (Å²) >= 11 is 0. The minimum absolute atomic E-state index is 0.109. The van der Waals surface area contributed by atoms with E-state index < -0.39 is 17.7 Å². The van der Waals surface area contributed by atoms with Crippen LogP contribution in [-0.4, -0.2) is 32.7 Å². The van der Waals surface area contributed by atoms with Crippen LogP contribution in [0.3, 0.4) is 0 Å². The van der Waals surface area contributed by atoms with Gasteiger partial charge >= 0.3 is 12.1 Å². The monoisotopic (exact) mass is 281 g/mol. The molecule has 1 aromatic rings. The molecule has 0 aliphatic carbocycles. The maximum Gasteiger partial charge on any atom is 0.414 e. The van der Waals surface area contributed by atoms with Crippen molar-refractivity contribution < 1.29 is 19.4 Å². The van der Waals surface area contributed by atoms with Crippen LogP contribution in [0.25, 0.3) is 0 Å². The van der Waals surface area contributed by atoms with Gasteiger partial charge in [-0.1, -0.05) is 0 Å². The number of rotatable bonds is 5. The second-order valence-electron chi connectivity index (χ2n) is 5.29. The minimum Gasteiger partial charge on any atom is -0.481 e. The van der Waals surface area contributed by atoms with Gasteiger partial charge in [-0.15, -0.1) is 0 Å². The Morgan fingerprint density at radius 2 is 1.90 bits per heavy atom. The summed E-state index contributed by atoms with van der Waals surface area (Å²) in [6.07, 6.45) is 3.72. The van der Waals surface area contributed by atoms with E-state index in [0.29, 0.717) is 12.8 Å². The van der Waals surface area contributed by atoms with Crippen molar-refractivity contribution in [1.82, 2.24) is 9.97 Å². The van der Waals surface area contributed by atoms with Gasteiger partial charge in [0.05, 0.1) is 0 Å². The topological polar surface area (TPSA) is 101 Å². The van der Waals surface area contributed by atoms with Crippen molar-refractivity contribution in [1.29, 1.82) is 0 Å². The van der Waals surface area contributed by atoms with E-state index in [1.54, 1.807) is 33.2 Å². The predicted octanol–water partition coefficient (Wildman–Crippen LogP) is 2.23. The SMILES string of the molecule is CC(C)(C)OC(=O)Nc1ncc(CCCC(=O)O)cn1. The molecule has 0 saturated heterocycles. The van der Waals surface area contributed by atoms with Crippen molar-refractivity contribution in [3.8, 4) is 0 Å². The van der Waals surface area contributed by atoms with E-state index in [2.05, 4.69) is 15.3 Å². The van der Waals surface area contributed by atoms with Gasteiger partial charge in [0.2, 0.25) is 5.95 Å². The highest BCUT2D eigenvalue weighted by molar-refractivity contribution is 5.82. The van der Waals surface area contributed by atoms with Crippen molar-refractivity contribution in [2.45, 2.75) is 45.6 Å². The quantitative estimate of drug-likeness (QED) is 0.858. The van der Waals surface area contributed by atoms with Crippen LogP contribution in [0.2, 0.25) is 0 Å². The van der Waals surface area contributed by atoms with Crippen LogP contribution in [0.4, 0.5) is 10.7 Å². The molecule has 0 bridgehead atoms. The fourth-order valence-corrected chi connectivity index (χ4v) is 1.39. The summed E-state index contributed by atoms with van der Waals surface area (Å²) in [7, 11) is 0.